The van der Waals surface area contributed by atoms with Crippen LogP contribution in [0.4, 0.5) is 0 Å². The monoisotopic (exact) mass is 274 g/mol. The number of methoxy groups -OCH3 is 1. The van der Waals surface area contributed by atoms with Gasteiger partial charge in [0.2, 0.25) is 5.88 Å². The fraction of sp³-hybridized carbons (Fsp3) is 0.308. The van der Waals surface area contributed by atoms with Gasteiger partial charge in [0, 0.05) is 18.6 Å². The number of rotatable bonds is 6. The molecular formula is C13H14N4O3. The first-order valence-electron chi connectivity index (χ1n) is 5.99. The molecular weight excluding hydrogens is 260 g/mol. The van der Waals surface area contributed by atoms with Crippen molar-refractivity contribution < 1.29 is 14.0 Å². The van der Waals surface area contributed by atoms with E-state index in [9.17, 15) is 0 Å². The first kappa shape index (κ1) is 13.8. The second kappa shape index (κ2) is 6.54. The molecule has 2 N–H and O–H groups in total. The van der Waals surface area contributed by atoms with Crippen LogP contribution < -0.4 is 15.2 Å². The smallest absolute Gasteiger partial charge is 0.216 e. The van der Waals surface area contributed by atoms with Crippen molar-refractivity contribution in [2.75, 3.05) is 13.7 Å². The Morgan fingerprint density at radius 2 is 2.40 bits per heavy atom. The zero-order valence-electron chi connectivity index (χ0n) is 10.9. The van der Waals surface area contributed by atoms with Crippen molar-refractivity contribution in [1.82, 2.24) is 10.1 Å². The van der Waals surface area contributed by atoms with E-state index in [2.05, 4.69) is 10.1 Å². The molecule has 0 aliphatic carbocycles. The normalized spacial score (nSPS) is 11.7. The molecule has 0 aliphatic heterocycles. The Bertz CT molecular complexity index is 592. The molecule has 0 radical (unpaired) electrons. The maximum atomic E-state index is 9.09. The minimum atomic E-state index is -0.391. The Hall–Kier alpha value is -2.59. The highest BCUT2D eigenvalue weighted by atomic mass is 16.5. The number of nitriles is 1. The maximum Gasteiger partial charge on any atom is 0.216 e. The highest BCUT2D eigenvalue weighted by Crippen LogP contribution is 2.28. The topological polar surface area (TPSA) is 107 Å². The fourth-order valence-electron chi connectivity index (χ4n) is 1.67. The molecule has 104 valence electrons. The summed E-state index contributed by atoms with van der Waals surface area (Å²) in [4.78, 5) is 3.96. The number of nitrogens with two attached hydrogens (primary N) is 1. The minimum Gasteiger partial charge on any atom is -0.482 e. The van der Waals surface area contributed by atoms with Crippen LogP contribution in [0.5, 0.6) is 11.6 Å². The van der Waals surface area contributed by atoms with E-state index in [0.29, 0.717) is 35.9 Å². The zero-order chi connectivity index (χ0) is 14.4. The Labute approximate surface area is 115 Å². The molecule has 1 atom stereocenters. The molecule has 7 nitrogen and oxygen atoms in total. The van der Waals surface area contributed by atoms with Gasteiger partial charge in [0.1, 0.15) is 35.4 Å². The standard InChI is InChI=1S/C13H14N4O3/c1-18-13-6-12(9(7-15)8-16-13)20-11(2-4-14)10-3-5-19-17-10/h3,5-6,8,11H,2,4,14H2,1H3/t11-/m1/s1. The molecule has 0 saturated heterocycles. The van der Waals surface area contributed by atoms with Crippen molar-refractivity contribution >= 4 is 0 Å². The second-order valence-electron chi connectivity index (χ2n) is 3.94. The molecule has 0 bridgehead atoms. The molecule has 0 unspecified atom stereocenters. The molecule has 0 fully saturated rings. The van der Waals surface area contributed by atoms with E-state index in [0.717, 1.165) is 0 Å². The number of aromatic nitrogens is 2. The molecule has 2 rings (SSSR count). The highest BCUT2D eigenvalue weighted by Gasteiger charge is 2.18. The summed E-state index contributed by atoms with van der Waals surface area (Å²) < 4.78 is 15.7. The van der Waals surface area contributed by atoms with Gasteiger partial charge in [-0.1, -0.05) is 5.16 Å². The molecule has 0 aliphatic rings. The van der Waals surface area contributed by atoms with Crippen LogP contribution in [0, 0.1) is 11.3 Å². The van der Waals surface area contributed by atoms with E-state index in [-0.39, 0.29) is 0 Å². The molecule has 0 amide bonds. The van der Waals surface area contributed by atoms with Gasteiger partial charge in [0.05, 0.1) is 13.3 Å². The number of hydrogen-bond acceptors (Lipinski definition) is 7. The quantitative estimate of drug-likeness (QED) is 0.848. The van der Waals surface area contributed by atoms with Crippen LogP contribution in [0.2, 0.25) is 0 Å². The van der Waals surface area contributed by atoms with Gasteiger partial charge in [-0.3, -0.25) is 0 Å². The summed E-state index contributed by atoms with van der Waals surface area (Å²) in [5.74, 6) is 0.742. The van der Waals surface area contributed by atoms with Gasteiger partial charge in [-0.2, -0.15) is 5.26 Å². The largest absolute Gasteiger partial charge is 0.482 e. The Morgan fingerprint density at radius 3 is 3.00 bits per heavy atom. The van der Waals surface area contributed by atoms with Gasteiger partial charge < -0.3 is 19.7 Å². The number of ether oxygens (including phenoxy) is 2. The lowest BCUT2D eigenvalue weighted by atomic mass is 10.2. The third-order valence-electron chi connectivity index (χ3n) is 2.66. The summed E-state index contributed by atoms with van der Waals surface area (Å²) >= 11 is 0. The van der Waals surface area contributed by atoms with Gasteiger partial charge in [0.25, 0.3) is 0 Å². The van der Waals surface area contributed by atoms with E-state index < -0.39 is 6.10 Å². The maximum absolute atomic E-state index is 9.09. The van der Waals surface area contributed by atoms with E-state index in [4.69, 9.17) is 25.0 Å². The first-order chi connectivity index (χ1) is 9.78. The fourth-order valence-corrected chi connectivity index (χ4v) is 1.67. The average Bonchev–Trinajstić information content (AvgIpc) is 3.00. The zero-order valence-corrected chi connectivity index (χ0v) is 10.9. The van der Waals surface area contributed by atoms with E-state index in [1.54, 1.807) is 12.1 Å². The van der Waals surface area contributed by atoms with Crippen LogP contribution in [0.1, 0.15) is 23.8 Å². The summed E-state index contributed by atoms with van der Waals surface area (Å²) in [7, 11) is 1.49. The Balaban J connectivity index is 2.28. The summed E-state index contributed by atoms with van der Waals surface area (Å²) in [6.45, 7) is 0.418. The van der Waals surface area contributed by atoms with Gasteiger partial charge in [0.15, 0.2) is 0 Å². The Kier molecular flexibility index (Phi) is 4.52. The van der Waals surface area contributed by atoms with E-state index in [1.807, 2.05) is 6.07 Å². The molecule has 0 saturated carbocycles. The van der Waals surface area contributed by atoms with Crippen LogP contribution in [-0.4, -0.2) is 23.8 Å². The molecule has 2 aromatic rings. The number of nitrogens with zero attached hydrogens (tertiary/aromatic N) is 3. The third-order valence-corrected chi connectivity index (χ3v) is 2.66. The lowest BCUT2D eigenvalue weighted by molar-refractivity contribution is 0.185. The van der Waals surface area contributed by atoms with E-state index in [1.165, 1.54) is 19.6 Å². The first-order valence-corrected chi connectivity index (χ1v) is 5.99. The summed E-state index contributed by atoms with van der Waals surface area (Å²) in [6, 6.07) is 5.28. The van der Waals surface area contributed by atoms with Crippen molar-refractivity contribution in [2.45, 2.75) is 12.5 Å². The summed E-state index contributed by atoms with van der Waals surface area (Å²) in [5, 5.41) is 12.9. The van der Waals surface area contributed by atoms with Gasteiger partial charge in [-0.05, 0) is 6.54 Å². The number of pyridine rings is 1. The van der Waals surface area contributed by atoms with Crippen molar-refractivity contribution in [1.29, 1.82) is 5.26 Å². The van der Waals surface area contributed by atoms with Crippen LogP contribution in [-0.2, 0) is 0 Å². The molecule has 0 spiro atoms. The number of hydrogen-bond donors (Lipinski definition) is 1. The van der Waals surface area contributed by atoms with Crippen molar-refractivity contribution in [3.05, 3.63) is 35.9 Å². The second-order valence-corrected chi connectivity index (χ2v) is 3.94. The molecule has 20 heavy (non-hydrogen) atoms. The molecule has 7 heteroatoms. The third kappa shape index (κ3) is 3.05. The van der Waals surface area contributed by atoms with Gasteiger partial charge >= 0.3 is 0 Å². The van der Waals surface area contributed by atoms with Crippen molar-refractivity contribution in [3.8, 4) is 17.7 Å². The highest BCUT2D eigenvalue weighted by molar-refractivity contribution is 5.43. The predicted octanol–water partition coefficient (Wildman–Crippen LogP) is 1.42. The SMILES string of the molecule is COc1cc(O[C@H](CCN)c2ccon2)c(C#N)cn1. The lowest BCUT2D eigenvalue weighted by Gasteiger charge is -2.17. The lowest BCUT2D eigenvalue weighted by Crippen LogP contribution is -2.14. The van der Waals surface area contributed by atoms with Crippen LogP contribution in [0.25, 0.3) is 0 Å². The Morgan fingerprint density at radius 1 is 1.55 bits per heavy atom. The van der Waals surface area contributed by atoms with Crippen LogP contribution in [0.3, 0.4) is 0 Å². The predicted molar refractivity (Wildman–Crippen MR) is 69.0 cm³/mol. The average molecular weight is 274 g/mol. The minimum absolute atomic E-state index is 0.316. The van der Waals surface area contributed by atoms with Crippen molar-refractivity contribution in [2.24, 2.45) is 5.73 Å². The molecule has 0 aromatic carbocycles. The van der Waals surface area contributed by atoms with Crippen LogP contribution in [0.15, 0.2) is 29.1 Å². The molecule has 2 aromatic heterocycles. The van der Waals surface area contributed by atoms with Gasteiger partial charge in [-0.15, -0.1) is 0 Å². The van der Waals surface area contributed by atoms with Crippen LogP contribution >= 0.6 is 0 Å². The molecule has 2 heterocycles. The van der Waals surface area contributed by atoms with Crippen molar-refractivity contribution in [3.63, 3.8) is 0 Å². The summed E-state index contributed by atoms with van der Waals surface area (Å²) in [6.07, 6.45) is 3.01. The van der Waals surface area contributed by atoms with Gasteiger partial charge in [-0.25, -0.2) is 4.98 Å². The van der Waals surface area contributed by atoms with E-state index >= 15 is 0 Å². The summed E-state index contributed by atoms with van der Waals surface area (Å²) in [5.41, 5.74) is 6.51.